The van der Waals surface area contributed by atoms with Crippen molar-refractivity contribution in [3.05, 3.63) is 66.2 Å². The van der Waals surface area contributed by atoms with Crippen molar-refractivity contribution in [1.82, 2.24) is 9.97 Å². The highest BCUT2D eigenvalue weighted by molar-refractivity contribution is 6.03. The van der Waals surface area contributed by atoms with Crippen molar-refractivity contribution in [2.45, 2.75) is 44.3 Å². The van der Waals surface area contributed by atoms with Crippen LogP contribution in [-0.4, -0.2) is 22.0 Å². The third-order valence-corrected chi connectivity index (χ3v) is 5.73. The summed E-state index contributed by atoms with van der Waals surface area (Å²) in [7, 11) is 0. The van der Waals surface area contributed by atoms with Crippen molar-refractivity contribution >= 4 is 23.2 Å². The van der Waals surface area contributed by atoms with Crippen LogP contribution in [0.4, 0.5) is 39.5 Å². The van der Waals surface area contributed by atoms with Gasteiger partial charge in [-0.25, -0.2) is 14.2 Å². The molecule has 0 atom stereocenters. The maximum absolute atomic E-state index is 13.6. The van der Waals surface area contributed by atoms with Crippen molar-refractivity contribution in [2.24, 2.45) is 0 Å². The molecule has 2 heterocycles. The number of urea groups is 1. The van der Waals surface area contributed by atoms with Crippen molar-refractivity contribution in [3.8, 4) is 11.3 Å². The minimum absolute atomic E-state index is 0.142. The first kappa shape index (κ1) is 23.5. The van der Waals surface area contributed by atoms with Crippen LogP contribution < -0.4 is 16.0 Å². The highest BCUT2D eigenvalue weighted by Gasteiger charge is 2.32. The van der Waals surface area contributed by atoms with E-state index in [0.29, 0.717) is 12.8 Å². The van der Waals surface area contributed by atoms with E-state index in [1.54, 1.807) is 0 Å². The molecule has 10 heteroatoms. The molecule has 4 rings (SSSR count). The molecule has 1 aliphatic carbocycles. The number of nitrogen functional groups attached to an aromatic ring is 1. The molecule has 1 fully saturated rings. The molecule has 2 aromatic heterocycles. The Bertz CT molecular complexity index is 1180. The van der Waals surface area contributed by atoms with Crippen molar-refractivity contribution < 1.29 is 22.4 Å². The fourth-order valence-electron chi connectivity index (χ4n) is 4.11. The fraction of sp³-hybridized carbons (Fsp3) is 0.292. The summed E-state index contributed by atoms with van der Waals surface area (Å²) in [4.78, 5) is 23.0. The van der Waals surface area contributed by atoms with Gasteiger partial charge in [0.15, 0.2) is 5.82 Å². The van der Waals surface area contributed by atoms with Gasteiger partial charge in [0, 0.05) is 17.7 Å². The number of rotatable bonds is 4. The lowest BCUT2D eigenvalue weighted by Gasteiger charge is -2.34. The van der Waals surface area contributed by atoms with Gasteiger partial charge in [-0.3, -0.25) is 9.88 Å². The number of nitrogens with one attached hydrogen (secondary N) is 1. The van der Waals surface area contributed by atoms with Crippen molar-refractivity contribution in [1.29, 1.82) is 0 Å². The van der Waals surface area contributed by atoms with E-state index in [1.165, 1.54) is 35.4 Å². The number of amides is 2. The molecule has 6 nitrogen and oxygen atoms in total. The summed E-state index contributed by atoms with van der Waals surface area (Å²) in [6, 6.07) is 8.19. The monoisotopic (exact) mass is 473 g/mol. The number of carbonyl (C=O) groups excluding carboxylic acids is 1. The average molecular weight is 473 g/mol. The SMILES string of the molecule is Nc1ccc(-c2cccc(C(F)(F)F)c2)nc1N(C(=O)Nc1cncc(F)c1)C1CCCCC1. The summed E-state index contributed by atoms with van der Waals surface area (Å²) < 4.78 is 53.2. The molecule has 178 valence electrons. The molecule has 0 spiro atoms. The molecule has 0 radical (unpaired) electrons. The number of alkyl halides is 3. The number of hydrogen-bond donors (Lipinski definition) is 2. The molecule has 34 heavy (non-hydrogen) atoms. The zero-order valence-corrected chi connectivity index (χ0v) is 18.1. The van der Waals surface area contributed by atoms with Crippen LogP contribution in [0.5, 0.6) is 0 Å². The average Bonchev–Trinajstić information content (AvgIpc) is 2.81. The van der Waals surface area contributed by atoms with E-state index in [1.807, 2.05) is 0 Å². The van der Waals surface area contributed by atoms with E-state index in [0.717, 1.165) is 43.7 Å². The maximum Gasteiger partial charge on any atom is 0.416 e. The van der Waals surface area contributed by atoms with E-state index in [2.05, 4.69) is 15.3 Å². The Morgan fingerprint density at radius 1 is 1.06 bits per heavy atom. The van der Waals surface area contributed by atoms with Gasteiger partial charge in [-0.05, 0) is 37.1 Å². The number of carbonyl (C=O) groups is 1. The minimum Gasteiger partial charge on any atom is -0.396 e. The first-order chi connectivity index (χ1) is 16.2. The molecule has 3 aromatic rings. The van der Waals surface area contributed by atoms with E-state index in [-0.39, 0.29) is 34.5 Å². The van der Waals surface area contributed by atoms with Crippen LogP contribution in [0.3, 0.4) is 0 Å². The fourth-order valence-corrected chi connectivity index (χ4v) is 4.11. The molecule has 0 unspecified atom stereocenters. The van der Waals surface area contributed by atoms with Crippen LogP contribution in [0.2, 0.25) is 0 Å². The number of anilines is 3. The van der Waals surface area contributed by atoms with Gasteiger partial charge < -0.3 is 11.1 Å². The normalized spacial score (nSPS) is 14.6. The lowest BCUT2D eigenvalue weighted by atomic mass is 9.94. The maximum atomic E-state index is 13.6. The Hall–Kier alpha value is -3.69. The summed E-state index contributed by atoms with van der Waals surface area (Å²) in [5.74, 6) is -0.463. The third-order valence-electron chi connectivity index (χ3n) is 5.73. The Morgan fingerprint density at radius 3 is 2.53 bits per heavy atom. The lowest BCUT2D eigenvalue weighted by Crippen LogP contribution is -2.45. The molecule has 0 aliphatic heterocycles. The summed E-state index contributed by atoms with van der Waals surface area (Å²) in [6.07, 6.45) is 2.11. The highest BCUT2D eigenvalue weighted by Crippen LogP contribution is 2.35. The number of halogens is 4. The quantitative estimate of drug-likeness (QED) is 0.439. The second kappa shape index (κ2) is 9.66. The van der Waals surface area contributed by atoms with E-state index in [9.17, 15) is 22.4 Å². The van der Waals surface area contributed by atoms with Crippen LogP contribution in [0.1, 0.15) is 37.7 Å². The summed E-state index contributed by atoms with van der Waals surface area (Å²) in [6.45, 7) is 0. The van der Waals surface area contributed by atoms with Crippen molar-refractivity contribution in [3.63, 3.8) is 0 Å². The number of hydrogen-bond acceptors (Lipinski definition) is 4. The second-order valence-electron chi connectivity index (χ2n) is 8.17. The standard InChI is InChI=1S/C24H23F4N5O/c25-17-12-18(14-30-13-17)31-23(34)33(19-7-2-1-3-8-19)22-20(29)9-10-21(32-22)15-5-4-6-16(11-15)24(26,27)28/h4-6,9-14,19H,1-3,7-8,29H2,(H,31,34). The Labute approximate surface area is 193 Å². The largest absolute Gasteiger partial charge is 0.416 e. The molecule has 2 amide bonds. The Balaban J connectivity index is 1.73. The van der Waals surface area contributed by atoms with Crippen molar-refractivity contribution in [2.75, 3.05) is 16.0 Å². The molecular weight excluding hydrogens is 450 g/mol. The minimum atomic E-state index is -4.50. The molecule has 1 saturated carbocycles. The summed E-state index contributed by atoms with van der Waals surface area (Å²) in [5.41, 5.74) is 6.25. The first-order valence-corrected chi connectivity index (χ1v) is 10.9. The summed E-state index contributed by atoms with van der Waals surface area (Å²) in [5, 5.41) is 2.63. The van der Waals surface area contributed by atoms with E-state index in [4.69, 9.17) is 5.73 Å². The number of nitrogens with zero attached hydrogens (tertiary/aromatic N) is 3. The molecule has 0 saturated heterocycles. The number of benzene rings is 1. The van der Waals surface area contributed by atoms with Gasteiger partial charge in [0.2, 0.25) is 0 Å². The Morgan fingerprint density at radius 2 is 1.82 bits per heavy atom. The van der Waals surface area contributed by atoms with E-state index < -0.39 is 23.6 Å². The second-order valence-corrected chi connectivity index (χ2v) is 8.17. The predicted octanol–water partition coefficient (Wildman–Crippen LogP) is 6.25. The van der Waals surface area contributed by atoms with Crippen LogP contribution in [0.25, 0.3) is 11.3 Å². The third kappa shape index (κ3) is 5.27. The van der Waals surface area contributed by atoms with Crippen LogP contribution in [0.15, 0.2) is 54.9 Å². The van der Waals surface area contributed by atoms with Crippen LogP contribution >= 0.6 is 0 Å². The number of pyridine rings is 2. The molecule has 3 N–H and O–H groups in total. The molecule has 0 bridgehead atoms. The lowest BCUT2D eigenvalue weighted by molar-refractivity contribution is -0.137. The van der Waals surface area contributed by atoms with E-state index >= 15 is 0 Å². The van der Waals surface area contributed by atoms with Gasteiger partial charge in [-0.2, -0.15) is 13.2 Å². The molecule has 1 aromatic carbocycles. The predicted molar refractivity (Wildman–Crippen MR) is 122 cm³/mol. The van der Waals surface area contributed by atoms with Gasteiger partial charge >= 0.3 is 12.2 Å². The van der Waals surface area contributed by atoms with Gasteiger partial charge in [0.1, 0.15) is 5.82 Å². The zero-order chi connectivity index (χ0) is 24.3. The topological polar surface area (TPSA) is 84.1 Å². The van der Waals surface area contributed by atoms with Gasteiger partial charge in [-0.1, -0.05) is 31.4 Å². The molecule has 1 aliphatic rings. The number of nitrogens with two attached hydrogens (primary N) is 1. The Kier molecular flexibility index (Phi) is 6.67. The van der Waals surface area contributed by atoms with Gasteiger partial charge in [0.25, 0.3) is 0 Å². The first-order valence-electron chi connectivity index (χ1n) is 10.9. The summed E-state index contributed by atoms with van der Waals surface area (Å²) >= 11 is 0. The molecular formula is C24H23F4N5O. The zero-order valence-electron chi connectivity index (χ0n) is 18.1. The number of aromatic nitrogens is 2. The van der Waals surface area contributed by atoms with Crippen LogP contribution in [0, 0.1) is 5.82 Å². The smallest absolute Gasteiger partial charge is 0.396 e. The van der Waals surface area contributed by atoms with Gasteiger partial charge in [0.05, 0.1) is 35.0 Å². The highest BCUT2D eigenvalue weighted by atomic mass is 19.4. The van der Waals surface area contributed by atoms with Crippen LogP contribution in [-0.2, 0) is 6.18 Å². The van der Waals surface area contributed by atoms with Gasteiger partial charge in [-0.15, -0.1) is 0 Å².